The van der Waals surface area contributed by atoms with E-state index >= 15 is 0 Å². The lowest BCUT2D eigenvalue weighted by atomic mass is 9.95. The lowest BCUT2D eigenvalue weighted by Gasteiger charge is -2.24. The quantitative estimate of drug-likeness (QED) is 0.273. The molecule has 0 spiro atoms. The zero-order chi connectivity index (χ0) is 24.8. The molecule has 0 fully saturated rings. The van der Waals surface area contributed by atoms with E-state index in [0.717, 1.165) is 26.9 Å². The van der Waals surface area contributed by atoms with Crippen LogP contribution in [0.1, 0.15) is 18.4 Å². The highest BCUT2D eigenvalue weighted by Gasteiger charge is 2.38. The van der Waals surface area contributed by atoms with Gasteiger partial charge in [0.1, 0.15) is 12.6 Å². The lowest BCUT2D eigenvalue weighted by Crippen LogP contribution is -2.51. The summed E-state index contributed by atoms with van der Waals surface area (Å²) in [5, 5.41) is 14.6. The number of aliphatic hydroxyl groups is 1. The summed E-state index contributed by atoms with van der Waals surface area (Å²) in [6, 6.07) is 7.37. The number of amides is 2. The monoisotopic (exact) mass is 468 g/mol. The second-order valence-corrected chi connectivity index (χ2v) is 6.78. The Balaban J connectivity index is 2.62. The Bertz CT molecular complexity index is 815. The van der Waals surface area contributed by atoms with E-state index in [1.165, 1.54) is 0 Å². The van der Waals surface area contributed by atoms with Crippen molar-refractivity contribution in [3.05, 3.63) is 35.9 Å². The van der Waals surface area contributed by atoms with Gasteiger partial charge in [0.25, 0.3) is 0 Å². The molecule has 1 aromatic rings. The number of hydrogen-bond acceptors (Lipinski definition) is 10. The number of benzene rings is 1. The first kappa shape index (κ1) is 27.4. The fourth-order valence-electron chi connectivity index (χ4n) is 2.70. The molecule has 0 saturated heterocycles. The molecule has 0 aliphatic rings. The number of nitrogens with one attached hydrogen (secondary N) is 2. The van der Waals surface area contributed by atoms with E-state index in [1.807, 2.05) is 6.07 Å². The third kappa shape index (κ3) is 9.99. The molecule has 0 radical (unpaired) electrons. The van der Waals surface area contributed by atoms with Gasteiger partial charge in [-0.3, -0.25) is 14.4 Å². The maximum atomic E-state index is 12.3. The number of methoxy groups -OCH3 is 3. The van der Waals surface area contributed by atoms with Crippen molar-refractivity contribution >= 4 is 29.9 Å². The maximum absolute atomic E-state index is 12.3. The highest BCUT2D eigenvalue weighted by Crippen LogP contribution is 2.15. The number of carbonyl (C=O) groups excluding carboxylic acids is 5. The van der Waals surface area contributed by atoms with Gasteiger partial charge in [0.2, 0.25) is 5.91 Å². The van der Waals surface area contributed by atoms with Gasteiger partial charge in [-0.05, 0) is 5.56 Å². The van der Waals surface area contributed by atoms with Crippen LogP contribution in [0.15, 0.2) is 30.3 Å². The Kier molecular flexibility index (Phi) is 11.9. The summed E-state index contributed by atoms with van der Waals surface area (Å²) in [4.78, 5) is 59.9. The Morgan fingerprint density at radius 1 is 0.909 bits per heavy atom. The number of ether oxygens (including phenoxy) is 4. The molecule has 1 rings (SSSR count). The van der Waals surface area contributed by atoms with Crippen molar-refractivity contribution in [3.8, 4) is 0 Å². The average molecular weight is 468 g/mol. The molecule has 0 heterocycles. The van der Waals surface area contributed by atoms with Crippen molar-refractivity contribution in [2.24, 2.45) is 5.92 Å². The standard InChI is InChI=1S/C21H28N2O10/c1-30-17(26)10-15(19(27)31-2)18(20(28)32-3)23-16(25)9-14(24)11-22-21(29)33-12-13-7-5-4-6-8-13/h4-8,14-15,18,24H,9-12H2,1-3H3,(H,22,29)(H,23,25)/t14-,15-,18-/m0/s1. The van der Waals surface area contributed by atoms with Gasteiger partial charge < -0.3 is 34.7 Å². The van der Waals surface area contributed by atoms with Gasteiger partial charge in [-0.2, -0.15) is 0 Å². The smallest absolute Gasteiger partial charge is 0.407 e. The number of rotatable bonds is 12. The minimum atomic E-state index is -1.56. The third-order valence-electron chi connectivity index (χ3n) is 4.41. The molecule has 12 heteroatoms. The molecule has 0 saturated carbocycles. The van der Waals surface area contributed by atoms with E-state index in [4.69, 9.17) is 4.74 Å². The summed E-state index contributed by atoms with van der Waals surface area (Å²) < 4.78 is 18.7. The van der Waals surface area contributed by atoms with E-state index in [2.05, 4.69) is 24.8 Å². The van der Waals surface area contributed by atoms with Crippen LogP contribution in [0.5, 0.6) is 0 Å². The summed E-state index contributed by atoms with van der Waals surface area (Å²) in [5.41, 5.74) is 0.772. The average Bonchev–Trinajstić information content (AvgIpc) is 2.82. The van der Waals surface area contributed by atoms with Crippen LogP contribution >= 0.6 is 0 Å². The minimum absolute atomic E-state index is 0.0270. The van der Waals surface area contributed by atoms with Gasteiger partial charge in [-0.25, -0.2) is 9.59 Å². The second-order valence-electron chi connectivity index (χ2n) is 6.78. The van der Waals surface area contributed by atoms with E-state index < -0.39 is 60.8 Å². The van der Waals surface area contributed by atoms with Crippen molar-refractivity contribution in [1.82, 2.24) is 10.6 Å². The Morgan fingerprint density at radius 3 is 2.12 bits per heavy atom. The first-order valence-corrected chi connectivity index (χ1v) is 9.86. The second kappa shape index (κ2) is 14.4. The predicted molar refractivity (Wildman–Crippen MR) is 111 cm³/mol. The Labute approximate surface area is 190 Å². The summed E-state index contributed by atoms with van der Waals surface area (Å²) in [7, 11) is 3.18. The number of hydrogen-bond donors (Lipinski definition) is 3. The number of esters is 3. The topological polar surface area (TPSA) is 167 Å². The molecule has 33 heavy (non-hydrogen) atoms. The summed E-state index contributed by atoms with van der Waals surface area (Å²) in [5.74, 6) is -5.01. The van der Waals surface area contributed by atoms with Crippen LogP contribution in [0.3, 0.4) is 0 Å². The normalized spacial score (nSPS) is 13.0. The van der Waals surface area contributed by atoms with Crippen molar-refractivity contribution in [2.45, 2.75) is 31.6 Å². The van der Waals surface area contributed by atoms with Gasteiger partial charge in [-0.15, -0.1) is 0 Å². The lowest BCUT2D eigenvalue weighted by molar-refractivity contribution is -0.159. The van der Waals surface area contributed by atoms with Crippen LogP contribution in [0.4, 0.5) is 4.79 Å². The first-order chi connectivity index (χ1) is 15.7. The van der Waals surface area contributed by atoms with Gasteiger partial charge >= 0.3 is 24.0 Å². The fraction of sp³-hybridized carbons (Fsp3) is 0.476. The summed E-state index contributed by atoms with van der Waals surface area (Å²) >= 11 is 0. The molecule has 12 nitrogen and oxygen atoms in total. The number of alkyl carbamates (subject to hydrolysis) is 1. The molecule has 1 aromatic carbocycles. The zero-order valence-electron chi connectivity index (χ0n) is 18.6. The highest BCUT2D eigenvalue weighted by molar-refractivity contribution is 5.91. The Hall–Kier alpha value is -3.67. The fourth-order valence-corrected chi connectivity index (χ4v) is 2.70. The molecule has 3 N–H and O–H groups in total. The largest absolute Gasteiger partial charge is 0.469 e. The molecule has 2 amide bonds. The van der Waals surface area contributed by atoms with Crippen molar-refractivity contribution in [3.63, 3.8) is 0 Å². The molecule has 0 aromatic heterocycles. The van der Waals surface area contributed by atoms with Gasteiger partial charge in [0.05, 0.1) is 46.2 Å². The van der Waals surface area contributed by atoms with E-state index in [0.29, 0.717) is 0 Å². The number of carbonyl (C=O) groups is 5. The van der Waals surface area contributed by atoms with Crippen LogP contribution in [0.25, 0.3) is 0 Å². The van der Waals surface area contributed by atoms with Gasteiger partial charge in [-0.1, -0.05) is 30.3 Å². The maximum Gasteiger partial charge on any atom is 0.407 e. The van der Waals surface area contributed by atoms with Crippen molar-refractivity contribution < 1.29 is 48.0 Å². The highest BCUT2D eigenvalue weighted by atomic mass is 16.6. The van der Waals surface area contributed by atoms with E-state index in [9.17, 15) is 29.1 Å². The molecular formula is C21H28N2O10. The van der Waals surface area contributed by atoms with E-state index in [-0.39, 0.29) is 13.2 Å². The Morgan fingerprint density at radius 2 is 1.55 bits per heavy atom. The molecule has 0 unspecified atom stereocenters. The van der Waals surface area contributed by atoms with E-state index in [1.54, 1.807) is 24.3 Å². The molecule has 0 aliphatic carbocycles. The van der Waals surface area contributed by atoms with Crippen LogP contribution in [0, 0.1) is 5.92 Å². The summed E-state index contributed by atoms with van der Waals surface area (Å²) in [6.45, 7) is -0.286. The zero-order valence-corrected chi connectivity index (χ0v) is 18.6. The van der Waals surface area contributed by atoms with Crippen molar-refractivity contribution in [1.29, 1.82) is 0 Å². The molecule has 0 aliphatic heterocycles. The minimum Gasteiger partial charge on any atom is -0.469 e. The SMILES string of the molecule is COC(=O)C[C@H](C(=O)OC)[C@H](NC(=O)C[C@H](O)CNC(=O)OCc1ccccc1)C(=O)OC. The van der Waals surface area contributed by atoms with Crippen LogP contribution < -0.4 is 10.6 Å². The third-order valence-corrected chi connectivity index (χ3v) is 4.41. The van der Waals surface area contributed by atoms with Gasteiger partial charge in [0, 0.05) is 6.54 Å². The van der Waals surface area contributed by atoms with Crippen LogP contribution in [0.2, 0.25) is 0 Å². The number of aliphatic hydroxyl groups excluding tert-OH is 1. The molecule has 182 valence electrons. The molecular weight excluding hydrogens is 440 g/mol. The van der Waals surface area contributed by atoms with Crippen LogP contribution in [-0.4, -0.2) is 75.0 Å². The molecule has 0 bridgehead atoms. The molecule has 3 atom stereocenters. The van der Waals surface area contributed by atoms with Gasteiger partial charge in [0.15, 0.2) is 0 Å². The first-order valence-electron chi connectivity index (χ1n) is 9.86. The van der Waals surface area contributed by atoms with Crippen LogP contribution in [-0.2, 0) is 44.7 Å². The van der Waals surface area contributed by atoms with Crippen molar-refractivity contribution in [2.75, 3.05) is 27.9 Å². The summed E-state index contributed by atoms with van der Waals surface area (Å²) in [6.07, 6.45) is -3.21. The predicted octanol–water partition coefficient (Wildman–Crippen LogP) is -0.326.